The van der Waals surface area contributed by atoms with Crippen molar-refractivity contribution in [3.05, 3.63) is 59.7 Å². The fraction of sp³-hybridized carbons (Fsp3) is 0.278. The first-order chi connectivity index (χ1) is 10.4. The molecule has 1 aromatic carbocycles. The molecule has 4 nitrogen and oxygen atoms in total. The summed E-state index contributed by atoms with van der Waals surface area (Å²) in [6.07, 6.45) is 3.24. The fourth-order valence-corrected chi connectivity index (χ4v) is 2.55. The van der Waals surface area contributed by atoms with Gasteiger partial charge in [-0.3, -0.25) is 14.4 Å². The van der Waals surface area contributed by atoms with Crippen molar-refractivity contribution in [2.75, 3.05) is 0 Å². The van der Waals surface area contributed by atoms with Gasteiger partial charge in [-0.15, -0.1) is 0 Å². The number of aliphatic hydroxyl groups excluding tert-OH is 1. The molecule has 0 saturated heterocycles. The third-order valence-electron chi connectivity index (χ3n) is 4.03. The number of aliphatic hydroxyl groups is 1. The monoisotopic (exact) mass is 298 g/mol. The van der Waals surface area contributed by atoms with E-state index in [-0.39, 0.29) is 18.0 Å². The van der Waals surface area contributed by atoms with Crippen molar-refractivity contribution in [1.82, 2.24) is 0 Å². The molecule has 0 spiro atoms. The lowest BCUT2D eigenvalue weighted by atomic mass is 9.71. The summed E-state index contributed by atoms with van der Waals surface area (Å²) >= 11 is 0. The number of hydrogen-bond donors (Lipinski definition) is 1. The summed E-state index contributed by atoms with van der Waals surface area (Å²) in [5.41, 5.74) is -0.490. The predicted octanol–water partition coefficient (Wildman–Crippen LogP) is 2.34. The number of carbonyl (C=O) groups is 3. The zero-order valence-corrected chi connectivity index (χ0v) is 12.6. The average Bonchev–Trinajstić information content (AvgIpc) is 2.54. The zero-order valence-electron chi connectivity index (χ0n) is 12.6. The molecular formula is C18H18O4. The van der Waals surface area contributed by atoms with Gasteiger partial charge >= 0.3 is 0 Å². The first kappa shape index (κ1) is 16.0. The Labute approximate surface area is 129 Å². The van der Waals surface area contributed by atoms with Crippen LogP contribution in [0.1, 0.15) is 31.9 Å². The Hall–Kier alpha value is -2.33. The van der Waals surface area contributed by atoms with Crippen LogP contribution in [0.5, 0.6) is 0 Å². The number of allylic oxidation sites excluding steroid dienone is 4. The van der Waals surface area contributed by atoms with Crippen molar-refractivity contribution < 1.29 is 19.5 Å². The SMILES string of the molecule is CC(=O)C1=CCC(C(C)=O)(C(=O)C(O)c2ccccc2)C=C1. The smallest absolute Gasteiger partial charge is 0.183 e. The Morgan fingerprint density at radius 3 is 2.23 bits per heavy atom. The van der Waals surface area contributed by atoms with Crippen LogP contribution >= 0.6 is 0 Å². The van der Waals surface area contributed by atoms with E-state index in [1.807, 2.05) is 0 Å². The molecule has 114 valence electrons. The second-order valence-corrected chi connectivity index (χ2v) is 5.46. The van der Waals surface area contributed by atoms with E-state index in [4.69, 9.17) is 0 Å². The van der Waals surface area contributed by atoms with Crippen LogP contribution in [-0.4, -0.2) is 22.5 Å². The number of rotatable bonds is 5. The summed E-state index contributed by atoms with van der Waals surface area (Å²) in [6, 6.07) is 8.50. The fourth-order valence-electron chi connectivity index (χ4n) is 2.55. The molecule has 4 heteroatoms. The number of hydrogen-bond acceptors (Lipinski definition) is 4. The van der Waals surface area contributed by atoms with Crippen LogP contribution < -0.4 is 0 Å². The highest BCUT2D eigenvalue weighted by Gasteiger charge is 2.44. The van der Waals surface area contributed by atoms with Crippen molar-refractivity contribution in [1.29, 1.82) is 0 Å². The van der Waals surface area contributed by atoms with Gasteiger partial charge in [0.15, 0.2) is 11.6 Å². The Bertz CT molecular complexity index is 670. The predicted molar refractivity (Wildman–Crippen MR) is 82.0 cm³/mol. The molecule has 22 heavy (non-hydrogen) atoms. The minimum atomic E-state index is -1.41. The molecule has 0 saturated carbocycles. The van der Waals surface area contributed by atoms with Gasteiger partial charge < -0.3 is 5.11 Å². The second kappa shape index (κ2) is 6.20. The summed E-state index contributed by atoms with van der Waals surface area (Å²) in [4.78, 5) is 36.1. The number of Topliss-reactive ketones (excluding diaryl/α,β-unsaturated/α-hetero) is 3. The highest BCUT2D eigenvalue weighted by Crippen LogP contribution is 2.36. The molecule has 0 bridgehead atoms. The van der Waals surface area contributed by atoms with Gasteiger partial charge in [0.1, 0.15) is 17.3 Å². The molecule has 1 aliphatic carbocycles. The van der Waals surface area contributed by atoms with Gasteiger partial charge in [0.25, 0.3) is 0 Å². The van der Waals surface area contributed by atoms with Gasteiger partial charge in [-0.2, -0.15) is 0 Å². The maximum atomic E-state index is 12.7. The molecule has 0 fully saturated rings. The molecular weight excluding hydrogens is 280 g/mol. The van der Waals surface area contributed by atoms with Crippen LogP contribution in [0.4, 0.5) is 0 Å². The molecule has 1 aliphatic rings. The normalized spacial score (nSPS) is 21.9. The summed E-state index contributed by atoms with van der Waals surface area (Å²) < 4.78 is 0. The van der Waals surface area contributed by atoms with E-state index >= 15 is 0 Å². The first-order valence-corrected chi connectivity index (χ1v) is 7.07. The molecule has 2 rings (SSSR count). The van der Waals surface area contributed by atoms with Crippen molar-refractivity contribution in [2.24, 2.45) is 5.41 Å². The highest BCUT2D eigenvalue weighted by atomic mass is 16.3. The number of benzene rings is 1. The van der Waals surface area contributed by atoms with Crippen molar-refractivity contribution in [2.45, 2.75) is 26.4 Å². The lowest BCUT2D eigenvalue weighted by molar-refractivity contribution is -0.142. The van der Waals surface area contributed by atoms with Crippen molar-refractivity contribution >= 4 is 17.3 Å². The van der Waals surface area contributed by atoms with E-state index in [0.29, 0.717) is 11.1 Å². The molecule has 0 amide bonds. The van der Waals surface area contributed by atoms with Crippen molar-refractivity contribution in [3.8, 4) is 0 Å². The van der Waals surface area contributed by atoms with E-state index in [2.05, 4.69) is 0 Å². The van der Waals surface area contributed by atoms with Gasteiger partial charge in [-0.05, 0) is 25.8 Å². The van der Waals surface area contributed by atoms with E-state index in [9.17, 15) is 19.5 Å². The Balaban J connectivity index is 2.34. The summed E-state index contributed by atoms with van der Waals surface area (Å²) in [5.74, 6) is -1.03. The van der Waals surface area contributed by atoms with Crippen LogP contribution in [0, 0.1) is 5.41 Å². The molecule has 0 aliphatic heterocycles. The molecule has 2 unspecified atom stereocenters. The average molecular weight is 298 g/mol. The lowest BCUT2D eigenvalue weighted by Gasteiger charge is -2.30. The molecule has 1 N–H and O–H groups in total. The Morgan fingerprint density at radius 1 is 1.14 bits per heavy atom. The maximum absolute atomic E-state index is 12.7. The van der Waals surface area contributed by atoms with Crippen LogP contribution in [0.15, 0.2) is 54.1 Å². The van der Waals surface area contributed by atoms with E-state index in [1.165, 1.54) is 26.0 Å². The summed E-state index contributed by atoms with van der Waals surface area (Å²) in [6.45, 7) is 2.75. The quantitative estimate of drug-likeness (QED) is 0.847. The van der Waals surface area contributed by atoms with Crippen LogP contribution in [0.25, 0.3) is 0 Å². The minimum Gasteiger partial charge on any atom is -0.380 e. The van der Waals surface area contributed by atoms with Gasteiger partial charge in [0, 0.05) is 5.57 Å². The second-order valence-electron chi connectivity index (χ2n) is 5.46. The number of carbonyl (C=O) groups excluding carboxylic acids is 3. The zero-order chi connectivity index (χ0) is 16.3. The van der Waals surface area contributed by atoms with E-state index < -0.39 is 17.3 Å². The van der Waals surface area contributed by atoms with Gasteiger partial charge in [-0.25, -0.2) is 0 Å². The summed E-state index contributed by atoms with van der Waals surface area (Å²) in [7, 11) is 0. The maximum Gasteiger partial charge on any atom is 0.183 e. The molecule has 0 aromatic heterocycles. The summed E-state index contributed by atoms with van der Waals surface area (Å²) in [5, 5.41) is 10.3. The topological polar surface area (TPSA) is 71.4 Å². The Morgan fingerprint density at radius 2 is 1.77 bits per heavy atom. The van der Waals surface area contributed by atoms with Crippen LogP contribution in [0.2, 0.25) is 0 Å². The number of ketones is 3. The third-order valence-corrected chi connectivity index (χ3v) is 4.03. The molecule has 1 aromatic rings. The minimum absolute atomic E-state index is 0.0937. The van der Waals surface area contributed by atoms with E-state index in [1.54, 1.807) is 36.4 Å². The first-order valence-electron chi connectivity index (χ1n) is 7.07. The largest absolute Gasteiger partial charge is 0.380 e. The van der Waals surface area contributed by atoms with Gasteiger partial charge in [0.2, 0.25) is 0 Å². The molecule has 0 radical (unpaired) electrons. The molecule has 0 heterocycles. The van der Waals surface area contributed by atoms with Crippen LogP contribution in [-0.2, 0) is 14.4 Å². The lowest BCUT2D eigenvalue weighted by Crippen LogP contribution is -2.40. The van der Waals surface area contributed by atoms with Crippen molar-refractivity contribution in [3.63, 3.8) is 0 Å². The Kier molecular flexibility index (Phi) is 4.52. The molecule has 2 atom stereocenters. The van der Waals surface area contributed by atoms with Crippen LogP contribution in [0.3, 0.4) is 0 Å². The highest BCUT2D eigenvalue weighted by molar-refractivity contribution is 6.11. The van der Waals surface area contributed by atoms with E-state index in [0.717, 1.165) is 0 Å². The van der Waals surface area contributed by atoms with Gasteiger partial charge in [0.05, 0.1) is 0 Å². The third kappa shape index (κ3) is 2.83. The standard InChI is InChI=1S/C18H18O4/c1-12(19)14-8-10-18(11-9-14,13(2)20)17(22)16(21)15-6-4-3-5-7-15/h3-10,16,21H,11H2,1-2H3. The van der Waals surface area contributed by atoms with Gasteiger partial charge in [-0.1, -0.05) is 48.6 Å².